The van der Waals surface area contributed by atoms with Crippen molar-refractivity contribution in [3.63, 3.8) is 0 Å². The molecule has 2 aromatic carbocycles. The quantitative estimate of drug-likeness (QED) is 0.223. The number of ether oxygens (including phenoxy) is 1. The summed E-state index contributed by atoms with van der Waals surface area (Å²) in [5.41, 5.74) is 2.95. The lowest BCUT2D eigenvalue weighted by Gasteiger charge is -2.27. The second-order valence-electron chi connectivity index (χ2n) is 10.3. The van der Waals surface area contributed by atoms with Crippen LogP contribution in [0.5, 0.6) is 5.75 Å². The number of benzene rings is 2. The molecule has 12 heteroatoms. The Balaban J connectivity index is 1.23. The Bertz CT molecular complexity index is 1620. The lowest BCUT2D eigenvalue weighted by atomic mass is 10.0. The fourth-order valence-corrected chi connectivity index (χ4v) is 5.19. The van der Waals surface area contributed by atoms with Crippen molar-refractivity contribution in [2.24, 2.45) is 0 Å². The predicted octanol–water partition coefficient (Wildman–Crippen LogP) is 4.32. The highest BCUT2D eigenvalue weighted by Crippen LogP contribution is 2.31. The van der Waals surface area contributed by atoms with Gasteiger partial charge < -0.3 is 25.6 Å². The summed E-state index contributed by atoms with van der Waals surface area (Å²) < 4.78 is 35.7. The molecule has 0 atom stereocenters. The Morgan fingerprint density at radius 2 is 1.88 bits per heavy atom. The summed E-state index contributed by atoms with van der Waals surface area (Å²) >= 11 is 0. The van der Waals surface area contributed by atoms with Crippen LogP contribution in [-0.2, 0) is 11.2 Å². The Morgan fingerprint density at radius 1 is 1.07 bits per heavy atom. The Hall–Kier alpha value is -4.58. The maximum absolute atomic E-state index is 14.8. The lowest BCUT2D eigenvalue weighted by molar-refractivity contribution is -0.131. The summed E-state index contributed by atoms with van der Waals surface area (Å²) in [7, 11) is 1.28. The van der Waals surface area contributed by atoms with E-state index >= 15 is 0 Å². The minimum Gasteiger partial charge on any atom is -0.494 e. The number of halogens is 2. The Morgan fingerprint density at radius 3 is 2.65 bits per heavy atom. The fourth-order valence-electron chi connectivity index (χ4n) is 5.19. The first kappa shape index (κ1) is 29.9. The second kappa shape index (κ2) is 13.6. The number of aromatic nitrogens is 3. The molecule has 3 heterocycles. The van der Waals surface area contributed by atoms with Crippen molar-refractivity contribution in [1.29, 1.82) is 0 Å². The molecular formula is C31H35F2N7O3. The van der Waals surface area contributed by atoms with E-state index in [0.29, 0.717) is 47.8 Å². The number of unbranched alkanes of at least 4 members (excludes halogenated alkanes) is 1. The molecule has 1 saturated heterocycles. The van der Waals surface area contributed by atoms with Gasteiger partial charge in [-0.3, -0.25) is 14.0 Å². The number of anilines is 2. The van der Waals surface area contributed by atoms with Crippen molar-refractivity contribution in [2.45, 2.75) is 32.6 Å². The number of aryl methyl sites for hydroxylation is 1. The molecule has 43 heavy (non-hydrogen) atoms. The SMILES string of the molecule is CCc1cc(Nc2nccn3c(-c4ccc(OC)c(F)c4F)cnc23)ccc1C(=O)NCCCCC(=O)N1CCNCC1. The van der Waals surface area contributed by atoms with Crippen molar-refractivity contribution < 1.29 is 23.1 Å². The molecule has 4 aromatic rings. The number of methoxy groups -OCH3 is 1. The average molecular weight is 592 g/mol. The molecule has 2 aromatic heterocycles. The minimum atomic E-state index is -1.07. The molecule has 0 spiro atoms. The first-order valence-electron chi connectivity index (χ1n) is 14.4. The first-order valence-corrected chi connectivity index (χ1v) is 14.4. The van der Waals surface area contributed by atoms with Gasteiger partial charge in [-0.2, -0.15) is 4.39 Å². The van der Waals surface area contributed by atoms with E-state index in [-0.39, 0.29) is 23.1 Å². The van der Waals surface area contributed by atoms with Crippen LogP contribution in [0.1, 0.15) is 42.1 Å². The van der Waals surface area contributed by atoms with Crippen molar-refractivity contribution in [3.8, 4) is 17.0 Å². The second-order valence-corrected chi connectivity index (χ2v) is 10.3. The molecule has 3 N–H and O–H groups in total. The maximum Gasteiger partial charge on any atom is 0.251 e. The molecule has 2 amide bonds. The van der Waals surface area contributed by atoms with Crippen molar-refractivity contribution in [3.05, 3.63) is 71.7 Å². The number of rotatable bonds is 11. The third-order valence-corrected chi connectivity index (χ3v) is 7.54. The minimum absolute atomic E-state index is 0.0396. The number of imidazole rings is 1. The smallest absolute Gasteiger partial charge is 0.251 e. The van der Waals surface area contributed by atoms with Gasteiger partial charge in [-0.25, -0.2) is 14.4 Å². The highest BCUT2D eigenvalue weighted by molar-refractivity contribution is 5.96. The number of carbonyl (C=O) groups excluding carboxylic acids is 2. The number of hydrogen-bond acceptors (Lipinski definition) is 7. The van der Waals surface area contributed by atoms with Gasteiger partial charge in [0.15, 0.2) is 23.0 Å². The van der Waals surface area contributed by atoms with Crippen LogP contribution < -0.4 is 20.7 Å². The number of nitrogens with zero attached hydrogens (tertiary/aromatic N) is 4. The fraction of sp³-hybridized carbons (Fsp3) is 0.355. The molecule has 0 bridgehead atoms. The lowest BCUT2D eigenvalue weighted by Crippen LogP contribution is -2.46. The van der Waals surface area contributed by atoms with Gasteiger partial charge in [-0.05, 0) is 55.2 Å². The van der Waals surface area contributed by atoms with Gasteiger partial charge in [0.05, 0.1) is 19.0 Å². The van der Waals surface area contributed by atoms with Gasteiger partial charge in [0.25, 0.3) is 5.91 Å². The number of amides is 2. The molecule has 0 aliphatic carbocycles. The van der Waals surface area contributed by atoms with E-state index in [1.165, 1.54) is 31.6 Å². The van der Waals surface area contributed by atoms with Gasteiger partial charge in [-0.15, -0.1) is 0 Å². The van der Waals surface area contributed by atoms with Crippen LogP contribution in [-0.4, -0.2) is 70.9 Å². The van der Waals surface area contributed by atoms with Gasteiger partial charge in [0, 0.05) is 68.4 Å². The van der Waals surface area contributed by atoms with Crippen LogP contribution >= 0.6 is 0 Å². The van der Waals surface area contributed by atoms with E-state index in [1.54, 1.807) is 22.7 Å². The Labute approximate surface area is 248 Å². The van der Waals surface area contributed by atoms with E-state index < -0.39 is 11.6 Å². The summed E-state index contributed by atoms with van der Waals surface area (Å²) in [6.45, 7) is 5.63. The van der Waals surface area contributed by atoms with E-state index in [2.05, 4.69) is 25.9 Å². The number of fused-ring (bicyclic) bond motifs is 1. The molecule has 5 rings (SSSR count). The molecule has 226 valence electrons. The zero-order valence-corrected chi connectivity index (χ0v) is 24.3. The van der Waals surface area contributed by atoms with Crippen LogP contribution in [0, 0.1) is 11.6 Å². The van der Waals surface area contributed by atoms with Crippen molar-refractivity contribution in [2.75, 3.05) is 45.2 Å². The summed E-state index contributed by atoms with van der Waals surface area (Å²) in [4.78, 5) is 35.9. The predicted molar refractivity (Wildman–Crippen MR) is 160 cm³/mol. The average Bonchev–Trinajstić information content (AvgIpc) is 3.47. The largest absolute Gasteiger partial charge is 0.494 e. The van der Waals surface area contributed by atoms with Crippen LogP contribution in [0.15, 0.2) is 48.9 Å². The van der Waals surface area contributed by atoms with E-state index in [1.807, 2.05) is 17.9 Å². The van der Waals surface area contributed by atoms with Gasteiger partial charge in [-0.1, -0.05) is 6.92 Å². The normalized spacial score (nSPS) is 13.3. The van der Waals surface area contributed by atoms with Crippen LogP contribution in [0.4, 0.5) is 20.3 Å². The number of carbonyl (C=O) groups is 2. The molecule has 1 aliphatic rings. The zero-order chi connectivity index (χ0) is 30.3. The highest BCUT2D eigenvalue weighted by atomic mass is 19.2. The molecule has 1 aliphatic heterocycles. The number of nitrogens with one attached hydrogen (secondary N) is 3. The molecule has 0 unspecified atom stereocenters. The van der Waals surface area contributed by atoms with Crippen LogP contribution in [0.3, 0.4) is 0 Å². The highest BCUT2D eigenvalue weighted by Gasteiger charge is 2.20. The third kappa shape index (κ3) is 6.59. The molecular weight excluding hydrogens is 556 g/mol. The Kier molecular flexibility index (Phi) is 9.45. The van der Waals surface area contributed by atoms with Crippen LogP contribution in [0.2, 0.25) is 0 Å². The van der Waals surface area contributed by atoms with Gasteiger partial charge >= 0.3 is 0 Å². The maximum atomic E-state index is 14.8. The first-order chi connectivity index (χ1) is 20.9. The van der Waals surface area contributed by atoms with Gasteiger partial charge in [0.1, 0.15) is 0 Å². The summed E-state index contributed by atoms with van der Waals surface area (Å²) in [6.07, 6.45) is 7.18. The van der Waals surface area contributed by atoms with Crippen LogP contribution in [0.25, 0.3) is 16.9 Å². The van der Waals surface area contributed by atoms with Crippen molar-refractivity contribution >= 4 is 29.0 Å². The summed E-state index contributed by atoms with van der Waals surface area (Å²) in [5.74, 6) is -1.86. The summed E-state index contributed by atoms with van der Waals surface area (Å²) in [5, 5.41) is 9.45. The van der Waals surface area contributed by atoms with E-state index in [4.69, 9.17) is 4.74 Å². The molecule has 0 radical (unpaired) electrons. The van der Waals surface area contributed by atoms with E-state index in [0.717, 1.165) is 44.6 Å². The third-order valence-electron chi connectivity index (χ3n) is 7.54. The van der Waals surface area contributed by atoms with Gasteiger partial charge in [0.2, 0.25) is 11.7 Å². The molecule has 10 nitrogen and oxygen atoms in total. The summed E-state index contributed by atoms with van der Waals surface area (Å²) in [6, 6.07) is 8.24. The van der Waals surface area contributed by atoms with Crippen molar-refractivity contribution in [1.82, 2.24) is 29.9 Å². The van der Waals surface area contributed by atoms with E-state index in [9.17, 15) is 18.4 Å². The molecule has 1 fully saturated rings. The molecule has 0 saturated carbocycles. The topological polar surface area (TPSA) is 113 Å². The zero-order valence-electron chi connectivity index (χ0n) is 24.3. The number of piperazine rings is 1. The standard InChI is InChI=1S/C31H35F2N7O3/c1-3-20-18-21(7-8-22(20)31(42)36-11-5-4-6-26(41)39-15-12-34-13-16-39)38-29-30-37-19-24(40(30)17-14-35-29)23-9-10-25(43-2)28(33)27(23)32/h7-10,14,17-19,34H,3-6,11-13,15-16H2,1-2H3,(H,35,38)(H,36,42). The monoisotopic (exact) mass is 591 g/mol. The number of hydrogen-bond donors (Lipinski definition) is 3.